The Kier molecular flexibility index (Phi) is 6.00. The number of carbonyl (C=O) groups excluding carboxylic acids is 2. The first-order chi connectivity index (χ1) is 12.1. The number of carbonyl (C=O) groups is 2. The second-order valence-corrected chi connectivity index (χ2v) is 7.89. The van der Waals surface area contributed by atoms with Gasteiger partial charge < -0.3 is 20.3 Å². The number of ether oxygens (including phenoxy) is 1. The van der Waals surface area contributed by atoms with Crippen molar-refractivity contribution in [2.75, 3.05) is 32.8 Å². The van der Waals surface area contributed by atoms with Crippen LogP contribution >= 0.6 is 0 Å². The third kappa shape index (κ3) is 3.56. The number of piperidine rings is 1. The smallest absolute Gasteiger partial charge is 0.246 e. The van der Waals surface area contributed by atoms with E-state index in [0.717, 1.165) is 52.0 Å². The van der Waals surface area contributed by atoms with Crippen molar-refractivity contribution in [2.24, 2.45) is 11.8 Å². The van der Waals surface area contributed by atoms with Crippen LogP contribution in [0.15, 0.2) is 0 Å². The van der Waals surface area contributed by atoms with E-state index in [1.165, 1.54) is 0 Å². The zero-order valence-corrected chi connectivity index (χ0v) is 15.7. The Hall–Kier alpha value is -1.14. The van der Waals surface area contributed by atoms with Gasteiger partial charge in [-0.3, -0.25) is 9.59 Å². The van der Waals surface area contributed by atoms with Crippen LogP contribution in [0.4, 0.5) is 0 Å². The minimum absolute atomic E-state index is 0.0635. The van der Waals surface area contributed by atoms with Gasteiger partial charge in [0.25, 0.3) is 0 Å². The number of hydrogen-bond acceptors (Lipinski definition) is 4. The molecule has 3 aliphatic rings. The maximum atomic E-state index is 13.4. The van der Waals surface area contributed by atoms with Crippen LogP contribution in [-0.2, 0) is 14.3 Å². The van der Waals surface area contributed by atoms with Crippen LogP contribution in [0.5, 0.6) is 0 Å². The lowest BCUT2D eigenvalue weighted by Gasteiger charge is -2.51. The number of nitrogens with one attached hydrogen (secondary N) is 2. The Morgan fingerprint density at radius 2 is 1.92 bits per heavy atom. The average molecular weight is 351 g/mol. The van der Waals surface area contributed by atoms with Gasteiger partial charge in [-0.1, -0.05) is 20.3 Å². The molecule has 0 aromatic carbocycles. The molecule has 6 heteroatoms. The van der Waals surface area contributed by atoms with Crippen molar-refractivity contribution in [3.63, 3.8) is 0 Å². The highest BCUT2D eigenvalue weighted by atomic mass is 16.5. The van der Waals surface area contributed by atoms with Gasteiger partial charge in [0.05, 0.1) is 0 Å². The molecule has 0 aliphatic carbocycles. The molecule has 0 radical (unpaired) electrons. The molecule has 0 saturated carbocycles. The predicted molar refractivity (Wildman–Crippen MR) is 96.1 cm³/mol. The molecule has 25 heavy (non-hydrogen) atoms. The predicted octanol–water partition coefficient (Wildman–Crippen LogP) is 1.30. The van der Waals surface area contributed by atoms with Gasteiger partial charge in [-0.2, -0.15) is 0 Å². The Morgan fingerprint density at radius 1 is 1.24 bits per heavy atom. The molecule has 142 valence electrons. The lowest BCUT2D eigenvalue weighted by Crippen LogP contribution is -2.74. The molecule has 3 saturated heterocycles. The normalized spacial score (nSPS) is 28.9. The molecule has 6 nitrogen and oxygen atoms in total. The van der Waals surface area contributed by atoms with Crippen LogP contribution in [-0.4, -0.2) is 61.1 Å². The topological polar surface area (TPSA) is 70.7 Å². The zero-order chi connectivity index (χ0) is 17.9. The molecular formula is C19H33N3O3. The standard InChI is InChI=1S/C19H33N3O3/c1-3-4-11-22-17(23)16(14(2)15-5-12-25-13-6-15)21-18(24)19(22)7-9-20-10-8-19/h14-16,20H,3-13H2,1-2H3,(H,21,24)/t14-,16-/m1/s1. The average Bonchev–Trinajstić information content (AvgIpc) is 2.66. The van der Waals surface area contributed by atoms with Crippen LogP contribution in [0.3, 0.4) is 0 Å². The quantitative estimate of drug-likeness (QED) is 0.783. The van der Waals surface area contributed by atoms with Crippen molar-refractivity contribution in [3.8, 4) is 0 Å². The van der Waals surface area contributed by atoms with Crippen molar-refractivity contribution < 1.29 is 14.3 Å². The molecule has 3 aliphatic heterocycles. The fraction of sp³-hybridized carbons (Fsp3) is 0.895. The molecule has 3 fully saturated rings. The summed E-state index contributed by atoms with van der Waals surface area (Å²) in [5.74, 6) is 0.796. The van der Waals surface area contributed by atoms with E-state index < -0.39 is 5.54 Å². The minimum Gasteiger partial charge on any atom is -0.381 e. The third-order valence-corrected chi connectivity index (χ3v) is 6.46. The summed E-state index contributed by atoms with van der Waals surface area (Å²) in [4.78, 5) is 28.5. The number of hydrogen-bond donors (Lipinski definition) is 2. The van der Waals surface area contributed by atoms with Crippen LogP contribution in [0.1, 0.15) is 52.4 Å². The SMILES string of the molecule is CCCCN1C(=O)[C@@H]([C@H](C)C2CCOCC2)NC(=O)C12CCNCC2. The molecule has 2 atom stereocenters. The van der Waals surface area contributed by atoms with Crippen LogP contribution < -0.4 is 10.6 Å². The molecule has 2 amide bonds. The molecule has 1 spiro atoms. The van der Waals surface area contributed by atoms with Gasteiger partial charge in [-0.15, -0.1) is 0 Å². The van der Waals surface area contributed by atoms with Gasteiger partial charge in [0, 0.05) is 19.8 Å². The van der Waals surface area contributed by atoms with E-state index in [-0.39, 0.29) is 23.8 Å². The van der Waals surface area contributed by atoms with Gasteiger partial charge in [-0.25, -0.2) is 0 Å². The summed E-state index contributed by atoms with van der Waals surface area (Å²) in [7, 11) is 0. The Labute approximate surface area is 151 Å². The van der Waals surface area contributed by atoms with Gasteiger partial charge >= 0.3 is 0 Å². The monoisotopic (exact) mass is 351 g/mol. The highest BCUT2D eigenvalue weighted by Gasteiger charge is 2.53. The third-order valence-electron chi connectivity index (χ3n) is 6.46. The van der Waals surface area contributed by atoms with E-state index in [0.29, 0.717) is 25.3 Å². The maximum absolute atomic E-state index is 13.4. The van der Waals surface area contributed by atoms with E-state index in [2.05, 4.69) is 24.5 Å². The second-order valence-electron chi connectivity index (χ2n) is 7.89. The molecule has 3 rings (SSSR count). The molecule has 0 aromatic rings. The Bertz CT molecular complexity index is 484. The highest BCUT2D eigenvalue weighted by molar-refractivity contribution is 6.00. The fourth-order valence-corrected chi connectivity index (χ4v) is 4.69. The van der Waals surface area contributed by atoms with E-state index in [4.69, 9.17) is 4.74 Å². The van der Waals surface area contributed by atoms with Crippen molar-refractivity contribution in [1.29, 1.82) is 0 Å². The van der Waals surface area contributed by atoms with Gasteiger partial charge in [0.15, 0.2) is 0 Å². The van der Waals surface area contributed by atoms with E-state index in [1.54, 1.807) is 0 Å². The number of rotatable bonds is 5. The summed E-state index contributed by atoms with van der Waals surface area (Å²) in [6, 6.07) is -0.382. The van der Waals surface area contributed by atoms with Gasteiger partial charge in [0.1, 0.15) is 11.6 Å². The van der Waals surface area contributed by atoms with Crippen LogP contribution in [0, 0.1) is 11.8 Å². The van der Waals surface area contributed by atoms with Crippen LogP contribution in [0.2, 0.25) is 0 Å². The molecule has 3 heterocycles. The van der Waals surface area contributed by atoms with Crippen molar-refractivity contribution in [2.45, 2.75) is 64.0 Å². The van der Waals surface area contributed by atoms with Crippen molar-refractivity contribution in [3.05, 3.63) is 0 Å². The van der Waals surface area contributed by atoms with E-state index in [9.17, 15) is 9.59 Å². The largest absolute Gasteiger partial charge is 0.381 e. The number of amides is 2. The van der Waals surface area contributed by atoms with Crippen molar-refractivity contribution in [1.82, 2.24) is 15.5 Å². The first kappa shape index (κ1) is 18.6. The second kappa shape index (κ2) is 8.04. The Balaban J connectivity index is 1.81. The fourth-order valence-electron chi connectivity index (χ4n) is 4.69. The number of piperazine rings is 1. The number of unbranched alkanes of at least 4 members (excludes halogenated alkanes) is 1. The zero-order valence-electron chi connectivity index (χ0n) is 15.7. The molecule has 0 bridgehead atoms. The lowest BCUT2D eigenvalue weighted by atomic mass is 9.77. The molecule has 0 unspecified atom stereocenters. The summed E-state index contributed by atoms with van der Waals surface area (Å²) in [6.45, 7) is 8.06. The molecule has 0 aromatic heterocycles. The van der Waals surface area contributed by atoms with Crippen molar-refractivity contribution >= 4 is 11.8 Å². The van der Waals surface area contributed by atoms with Gasteiger partial charge in [0.2, 0.25) is 11.8 Å². The minimum atomic E-state index is -0.636. The number of nitrogens with zero attached hydrogens (tertiary/aromatic N) is 1. The summed E-state index contributed by atoms with van der Waals surface area (Å²) in [6.07, 6.45) is 5.36. The van der Waals surface area contributed by atoms with E-state index in [1.807, 2.05) is 4.90 Å². The maximum Gasteiger partial charge on any atom is 0.246 e. The lowest BCUT2D eigenvalue weighted by molar-refractivity contribution is -0.162. The summed E-state index contributed by atoms with van der Waals surface area (Å²) in [5.41, 5.74) is -0.636. The van der Waals surface area contributed by atoms with E-state index >= 15 is 0 Å². The van der Waals surface area contributed by atoms with Crippen LogP contribution in [0.25, 0.3) is 0 Å². The molecular weight excluding hydrogens is 318 g/mol. The Morgan fingerprint density at radius 3 is 2.56 bits per heavy atom. The summed E-state index contributed by atoms with van der Waals surface area (Å²) < 4.78 is 5.46. The van der Waals surface area contributed by atoms with Gasteiger partial charge in [-0.05, 0) is 57.0 Å². The first-order valence-electron chi connectivity index (χ1n) is 10.0. The highest BCUT2D eigenvalue weighted by Crippen LogP contribution is 2.35. The molecule has 2 N–H and O–H groups in total. The summed E-state index contributed by atoms with van der Waals surface area (Å²) in [5, 5.41) is 6.45. The summed E-state index contributed by atoms with van der Waals surface area (Å²) >= 11 is 0. The first-order valence-corrected chi connectivity index (χ1v) is 10.0.